The van der Waals surface area contributed by atoms with Crippen molar-refractivity contribution in [3.63, 3.8) is 0 Å². The maximum atomic E-state index is 11.9. The van der Waals surface area contributed by atoms with Gasteiger partial charge in [-0.3, -0.25) is 24.1 Å². The molecule has 0 spiro atoms. The Bertz CT molecular complexity index is 845. The van der Waals surface area contributed by atoms with Crippen LogP contribution >= 0.6 is 0 Å². The van der Waals surface area contributed by atoms with Crippen molar-refractivity contribution >= 4 is 35.0 Å². The third-order valence-corrected chi connectivity index (χ3v) is 4.21. The molecule has 1 aliphatic rings. The quantitative estimate of drug-likeness (QED) is 0.219. The largest absolute Gasteiger partial charge is 0.379 e. The van der Waals surface area contributed by atoms with Crippen LogP contribution in [-0.4, -0.2) is 67.2 Å². The Morgan fingerprint density at radius 2 is 1.65 bits per heavy atom. The minimum atomic E-state index is -0.429. The minimum Gasteiger partial charge on any atom is -0.379 e. The van der Waals surface area contributed by atoms with E-state index in [1.807, 2.05) is 6.92 Å². The minimum absolute atomic E-state index is 0.00515. The average molecular weight is 430 g/mol. The van der Waals surface area contributed by atoms with E-state index in [-0.39, 0.29) is 25.5 Å². The summed E-state index contributed by atoms with van der Waals surface area (Å²) in [4.78, 5) is 47.7. The molecule has 31 heavy (non-hydrogen) atoms. The van der Waals surface area contributed by atoms with E-state index in [2.05, 4.69) is 15.8 Å². The summed E-state index contributed by atoms with van der Waals surface area (Å²) < 4.78 is 10.3. The molecule has 0 saturated heterocycles. The highest BCUT2D eigenvalue weighted by atomic mass is 16.5. The SMILES string of the molecule is CCOCCOCC(=O)Nc1ccc(/C(C)=N/NC(=O)CCN2C(=O)C=CC2=O)cc1. The van der Waals surface area contributed by atoms with Gasteiger partial charge < -0.3 is 14.8 Å². The summed E-state index contributed by atoms with van der Waals surface area (Å²) in [6.07, 6.45) is 2.29. The number of carbonyl (C=O) groups is 4. The van der Waals surface area contributed by atoms with E-state index in [4.69, 9.17) is 9.47 Å². The zero-order valence-electron chi connectivity index (χ0n) is 17.6. The van der Waals surface area contributed by atoms with Crippen LogP contribution in [0.5, 0.6) is 0 Å². The van der Waals surface area contributed by atoms with Gasteiger partial charge in [0.2, 0.25) is 11.8 Å². The van der Waals surface area contributed by atoms with Gasteiger partial charge in [-0.15, -0.1) is 0 Å². The van der Waals surface area contributed by atoms with Gasteiger partial charge in [0, 0.05) is 37.4 Å². The fraction of sp³-hybridized carbons (Fsp3) is 0.381. The number of rotatable bonds is 12. The number of imide groups is 1. The summed E-state index contributed by atoms with van der Waals surface area (Å²) in [5, 5.41) is 6.75. The number of nitrogens with one attached hydrogen (secondary N) is 2. The fourth-order valence-corrected chi connectivity index (χ4v) is 2.55. The third kappa shape index (κ3) is 8.11. The second kappa shape index (κ2) is 12.4. The molecule has 0 atom stereocenters. The summed E-state index contributed by atoms with van der Waals surface area (Å²) in [5.74, 6) is -1.55. The predicted molar refractivity (Wildman–Crippen MR) is 113 cm³/mol. The molecule has 0 fully saturated rings. The zero-order valence-corrected chi connectivity index (χ0v) is 17.6. The summed E-state index contributed by atoms with van der Waals surface area (Å²) in [7, 11) is 0. The lowest BCUT2D eigenvalue weighted by atomic mass is 10.1. The Labute approximate surface area is 180 Å². The number of ether oxygens (including phenoxy) is 2. The van der Waals surface area contributed by atoms with E-state index in [0.29, 0.717) is 31.2 Å². The summed E-state index contributed by atoms with van der Waals surface area (Å²) in [5.41, 5.74) is 4.31. The smallest absolute Gasteiger partial charge is 0.253 e. The molecular formula is C21H26N4O6. The van der Waals surface area contributed by atoms with Crippen LogP contribution in [0.25, 0.3) is 0 Å². The van der Waals surface area contributed by atoms with Crippen molar-refractivity contribution in [2.75, 3.05) is 38.3 Å². The molecule has 0 bridgehead atoms. The van der Waals surface area contributed by atoms with Gasteiger partial charge in [-0.2, -0.15) is 5.10 Å². The summed E-state index contributed by atoms with van der Waals surface area (Å²) in [6, 6.07) is 6.94. The molecule has 0 aliphatic carbocycles. The number of nitrogens with zero attached hydrogens (tertiary/aromatic N) is 2. The number of hydrogen-bond donors (Lipinski definition) is 2. The van der Waals surface area contributed by atoms with Gasteiger partial charge in [-0.1, -0.05) is 12.1 Å². The Hall–Kier alpha value is -3.37. The van der Waals surface area contributed by atoms with Crippen molar-refractivity contribution in [2.24, 2.45) is 5.10 Å². The normalized spacial score (nSPS) is 13.6. The van der Waals surface area contributed by atoms with Crippen LogP contribution in [0, 0.1) is 0 Å². The molecule has 10 heteroatoms. The fourth-order valence-electron chi connectivity index (χ4n) is 2.55. The van der Waals surface area contributed by atoms with Crippen molar-refractivity contribution in [3.05, 3.63) is 42.0 Å². The number of anilines is 1. The second-order valence-electron chi connectivity index (χ2n) is 6.52. The van der Waals surface area contributed by atoms with Crippen LogP contribution in [0.2, 0.25) is 0 Å². The van der Waals surface area contributed by atoms with E-state index in [1.54, 1.807) is 31.2 Å². The summed E-state index contributed by atoms with van der Waals surface area (Å²) in [6.45, 7) is 4.93. The Balaban J connectivity index is 1.75. The molecule has 0 unspecified atom stereocenters. The van der Waals surface area contributed by atoms with Crippen molar-refractivity contribution < 1.29 is 28.7 Å². The van der Waals surface area contributed by atoms with E-state index < -0.39 is 17.7 Å². The van der Waals surface area contributed by atoms with Crippen LogP contribution in [0.1, 0.15) is 25.8 Å². The van der Waals surface area contributed by atoms with E-state index >= 15 is 0 Å². The van der Waals surface area contributed by atoms with Crippen molar-refractivity contribution in [3.8, 4) is 0 Å². The molecule has 2 N–H and O–H groups in total. The lowest BCUT2D eigenvalue weighted by molar-refractivity contribution is -0.137. The molecule has 10 nitrogen and oxygen atoms in total. The van der Waals surface area contributed by atoms with Gasteiger partial charge in [0.1, 0.15) is 6.61 Å². The Kier molecular flexibility index (Phi) is 9.53. The highest BCUT2D eigenvalue weighted by Crippen LogP contribution is 2.10. The molecule has 0 saturated carbocycles. The maximum Gasteiger partial charge on any atom is 0.253 e. The van der Waals surface area contributed by atoms with Crippen LogP contribution in [-0.2, 0) is 28.7 Å². The number of benzene rings is 1. The van der Waals surface area contributed by atoms with Gasteiger partial charge >= 0.3 is 0 Å². The monoisotopic (exact) mass is 430 g/mol. The van der Waals surface area contributed by atoms with Crippen LogP contribution in [0.4, 0.5) is 5.69 Å². The van der Waals surface area contributed by atoms with Gasteiger partial charge in [-0.05, 0) is 31.5 Å². The summed E-state index contributed by atoms with van der Waals surface area (Å²) >= 11 is 0. The first kappa shape index (κ1) is 23.9. The first-order valence-electron chi connectivity index (χ1n) is 9.83. The molecule has 1 aromatic carbocycles. The molecule has 1 heterocycles. The van der Waals surface area contributed by atoms with E-state index in [1.165, 1.54) is 12.2 Å². The number of carbonyl (C=O) groups excluding carboxylic acids is 4. The number of amides is 4. The number of hydrazone groups is 1. The van der Waals surface area contributed by atoms with Crippen LogP contribution in [0.15, 0.2) is 41.5 Å². The second-order valence-corrected chi connectivity index (χ2v) is 6.52. The molecule has 1 aromatic rings. The molecule has 1 aliphatic heterocycles. The van der Waals surface area contributed by atoms with Crippen LogP contribution < -0.4 is 10.7 Å². The van der Waals surface area contributed by atoms with Gasteiger partial charge in [-0.25, -0.2) is 5.43 Å². The lowest BCUT2D eigenvalue weighted by Crippen LogP contribution is -2.33. The topological polar surface area (TPSA) is 126 Å². The third-order valence-electron chi connectivity index (χ3n) is 4.21. The van der Waals surface area contributed by atoms with E-state index in [0.717, 1.165) is 10.5 Å². The highest BCUT2D eigenvalue weighted by molar-refractivity contribution is 6.13. The predicted octanol–water partition coefficient (Wildman–Crippen LogP) is 0.833. The van der Waals surface area contributed by atoms with Crippen molar-refractivity contribution in [1.29, 1.82) is 0 Å². The molecule has 2 rings (SSSR count). The lowest BCUT2D eigenvalue weighted by Gasteiger charge is -2.12. The molecular weight excluding hydrogens is 404 g/mol. The Morgan fingerprint density at radius 1 is 1.00 bits per heavy atom. The standard InChI is InChI=1S/C21H26N4O6/c1-3-30-12-13-31-14-19(27)22-17-6-4-16(5-7-17)15(2)23-24-18(26)10-11-25-20(28)8-9-21(25)29/h4-9H,3,10-14H2,1-2H3,(H,22,27)(H,24,26)/b23-15+. The van der Waals surface area contributed by atoms with Gasteiger partial charge in [0.25, 0.3) is 11.8 Å². The van der Waals surface area contributed by atoms with E-state index in [9.17, 15) is 19.2 Å². The maximum absolute atomic E-state index is 11.9. The Morgan fingerprint density at radius 3 is 2.29 bits per heavy atom. The van der Waals surface area contributed by atoms with Gasteiger partial charge in [0.05, 0.1) is 18.9 Å². The number of hydrogen-bond acceptors (Lipinski definition) is 7. The van der Waals surface area contributed by atoms with Crippen LogP contribution in [0.3, 0.4) is 0 Å². The van der Waals surface area contributed by atoms with Crippen molar-refractivity contribution in [1.82, 2.24) is 10.3 Å². The molecule has 0 aromatic heterocycles. The highest BCUT2D eigenvalue weighted by Gasteiger charge is 2.23. The first-order chi connectivity index (χ1) is 14.9. The molecule has 166 valence electrons. The van der Waals surface area contributed by atoms with Crippen molar-refractivity contribution in [2.45, 2.75) is 20.3 Å². The molecule has 0 radical (unpaired) electrons. The average Bonchev–Trinajstić information content (AvgIpc) is 3.08. The molecule has 4 amide bonds. The first-order valence-corrected chi connectivity index (χ1v) is 9.83. The zero-order chi connectivity index (χ0) is 22.6. The van der Waals surface area contributed by atoms with Gasteiger partial charge in [0.15, 0.2) is 0 Å².